The molecule has 0 aliphatic carbocycles. The highest BCUT2D eigenvalue weighted by molar-refractivity contribution is 6.33. The Hall–Kier alpha value is -0.563. The van der Waals surface area contributed by atoms with Gasteiger partial charge in [0.2, 0.25) is 0 Å². The normalized spacial score (nSPS) is 15.2. The first-order valence-electron chi connectivity index (χ1n) is 6.21. The molecular weight excluding hydrogens is 196 g/mol. The van der Waals surface area contributed by atoms with Crippen molar-refractivity contribution in [2.75, 3.05) is 0 Å². The molecule has 0 heterocycles. The quantitative estimate of drug-likeness (QED) is 0.685. The lowest BCUT2D eigenvalue weighted by Crippen LogP contribution is -2.16. The first kappa shape index (κ1) is 12.5. The fourth-order valence-corrected chi connectivity index (χ4v) is 3.20. The van der Waals surface area contributed by atoms with Gasteiger partial charge in [0.05, 0.1) is 0 Å². The minimum atomic E-state index is 0.711. The van der Waals surface area contributed by atoms with Gasteiger partial charge in [0.1, 0.15) is 0 Å². The lowest BCUT2D eigenvalue weighted by atomic mass is 9.86. The Bertz CT molecular complexity index is 317. The molecule has 2 unspecified atom stereocenters. The Morgan fingerprint density at radius 2 is 1.67 bits per heavy atom. The van der Waals surface area contributed by atoms with Crippen LogP contribution in [0.25, 0.3) is 0 Å². The first-order chi connectivity index (χ1) is 7.11. The summed E-state index contributed by atoms with van der Waals surface area (Å²) in [4.78, 5) is 0. The average Bonchev–Trinajstić information content (AvgIpc) is 2.26. The summed E-state index contributed by atoms with van der Waals surface area (Å²) in [6.45, 7) is 9.29. The van der Waals surface area contributed by atoms with E-state index in [0.29, 0.717) is 5.92 Å². The van der Waals surface area contributed by atoms with E-state index in [2.05, 4.69) is 45.9 Å². The summed E-state index contributed by atoms with van der Waals surface area (Å²) < 4.78 is 0. The topological polar surface area (TPSA) is 0 Å². The second-order valence-electron chi connectivity index (χ2n) is 4.70. The zero-order chi connectivity index (χ0) is 11.4. The maximum Gasteiger partial charge on any atom is 0.0388 e. The van der Waals surface area contributed by atoms with Crippen molar-refractivity contribution in [2.24, 2.45) is 0 Å². The average molecular weight is 220 g/mol. The molecule has 15 heavy (non-hydrogen) atoms. The van der Waals surface area contributed by atoms with Crippen LogP contribution in [-0.4, -0.2) is 10.2 Å². The van der Waals surface area contributed by atoms with Crippen LogP contribution in [0.15, 0.2) is 18.2 Å². The Morgan fingerprint density at radius 3 is 2.20 bits per heavy atom. The first-order valence-corrected chi connectivity index (χ1v) is 7.21. The van der Waals surface area contributed by atoms with Gasteiger partial charge in [0.25, 0.3) is 0 Å². The molecule has 0 N–H and O–H groups in total. The van der Waals surface area contributed by atoms with E-state index in [1.807, 2.05) is 0 Å². The van der Waals surface area contributed by atoms with Crippen molar-refractivity contribution < 1.29 is 0 Å². The second-order valence-corrected chi connectivity index (χ2v) is 5.77. The fraction of sp³-hybridized carbons (Fsp3) is 0.571. The third kappa shape index (κ3) is 2.72. The van der Waals surface area contributed by atoms with Crippen LogP contribution >= 0.6 is 0 Å². The molecule has 0 saturated heterocycles. The molecule has 0 fully saturated rings. The summed E-state index contributed by atoms with van der Waals surface area (Å²) in [5.74, 6) is 1.44. The Morgan fingerprint density at radius 1 is 1.07 bits per heavy atom. The van der Waals surface area contributed by atoms with Crippen molar-refractivity contribution in [3.05, 3.63) is 29.3 Å². The summed E-state index contributed by atoms with van der Waals surface area (Å²) in [5, 5.41) is 1.60. The molecule has 1 rings (SSSR count). The molecule has 0 amide bonds. The highest BCUT2D eigenvalue weighted by Crippen LogP contribution is 2.28. The van der Waals surface area contributed by atoms with E-state index >= 15 is 0 Å². The molecule has 0 saturated carbocycles. The van der Waals surface area contributed by atoms with Crippen LogP contribution in [0.4, 0.5) is 0 Å². The van der Waals surface area contributed by atoms with Crippen molar-refractivity contribution in [1.29, 1.82) is 0 Å². The van der Waals surface area contributed by atoms with E-state index in [9.17, 15) is 0 Å². The molecule has 2 atom stereocenters. The third-order valence-corrected chi connectivity index (χ3v) is 4.48. The summed E-state index contributed by atoms with van der Waals surface area (Å²) in [6.07, 6.45) is 2.50. The molecule has 0 nitrogen and oxygen atoms in total. The van der Waals surface area contributed by atoms with Crippen molar-refractivity contribution in [3.63, 3.8) is 0 Å². The van der Waals surface area contributed by atoms with Crippen LogP contribution in [0, 0.1) is 0 Å². The molecule has 0 aliphatic heterocycles. The summed E-state index contributed by atoms with van der Waals surface area (Å²) >= 11 is 0. The molecule has 0 aliphatic rings. The minimum Gasteiger partial charge on any atom is -0.0671 e. The van der Waals surface area contributed by atoms with Crippen molar-refractivity contribution in [1.82, 2.24) is 0 Å². The van der Waals surface area contributed by atoms with E-state index in [4.69, 9.17) is 0 Å². The Balaban J connectivity index is 3.19. The van der Waals surface area contributed by atoms with Gasteiger partial charge in [0, 0.05) is 10.2 Å². The predicted molar refractivity (Wildman–Crippen MR) is 73.4 cm³/mol. The van der Waals surface area contributed by atoms with Gasteiger partial charge in [-0.15, -0.1) is 0 Å². The summed E-state index contributed by atoms with van der Waals surface area (Å²) in [5.41, 5.74) is 3.25. The fourth-order valence-electron chi connectivity index (χ4n) is 2.23. The lowest BCUT2D eigenvalue weighted by Gasteiger charge is -2.21. The van der Waals surface area contributed by atoms with E-state index in [1.165, 1.54) is 23.1 Å². The smallest absolute Gasteiger partial charge is 0.0388 e. The highest BCUT2D eigenvalue weighted by atomic mass is 28.1. The van der Waals surface area contributed by atoms with Crippen molar-refractivity contribution >= 4 is 15.4 Å². The molecule has 1 aromatic rings. The molecule has 0 spiro atoms. The van der Waals surface area contributed by atoms with Crippen LogP contribution < -0.4 is 5.19 Å². The van der Waals surface area contributed by atoms with Crippen LogP contribution in [-0.2, 0) is 0 Å². The number of rotatable bonds is 4. The van der Waals surface area contributed by atoms with Crippen LogP contribution in [0.5, 0.6) is 0 Å². The van der Waals surface area contributed by atoms with Gasteiger partial charge in [-0.2, -0.15) is 0 Å². The Kier molecular flexibility index (Phi) is 4.59. The van der Waals surface area contributed by atoms with Gasteiger partial charge < -0.3 is 0 Å². The number of benzene rings is 1. The minimum absolute atomic E-state index is 0.711. The van der Waals surface area contributed by atoms with Gasteiger partial charge in [-0.25, -0.2) is 0 Å². The van der Waals surface area contributed by atoms with Crippen LogP contribution in [0.1, 0.15) is 63.5 Å². The van der Waals surface area contributed by atoms with Gasteiger partial charge in [-0.3, -0.25) is 0 Å². The molecule has 0 aromatic heterocycles. The standard InChI is InChI=1S/C14H24Si/c1-5-10(3)12-8-7-9-13(15)14(12)11(4)6-2/h7-11H,5-6H2,1-4,15H3. The van der Waals surface area contributed by atoms with E-state index in [-0.39, 0.29) is 0 Å². The number of hydrogen-bond donors (Lipinski definition) is 0. The van der Waals surface area contributed by atoms with Crippen molar-refractivity contribution in [3.8, 4) is 0 Å². The van der Waals surface area contributed by atoms with Gasteiger partial charge in [-0.05, 0) is 35.8 Å². The molecule has 0 radical (unpaired) electrons. The van der Waals surface area contributed by atoms with Crippen LogP contribution in [0.2, 0.25) is 0 Å². The van der Waals surface area contributed by atoms with Gasteiger partial charge in [-0.1, -0.05) is 51.1 Å². The zero-order valence-electron chi connectivity index (χ0n) is 10.8. The highest BCUT2D eigenvalue weighted by Gasteiger charge is 2.14. The van der Waals surface area contributed by atoms with E-state index < -0.39 is 0 Å². The molecule has 84 valence electrons. The number of hydrogen-bond acceptors (Lipinski definition) is 0. The zero-order valence-corrected chi connectivity index (χ0v) is 12.8. The van der Waals surface area contributed by atoms with Crippen LogP contribution in [0.3, 0.4) is 0 Å². The molecule has 1 heteroatoms. The second kappa shape index (κ2) is 5.50. The molecular formula is C14H24Si. The van der Waals surface area contributed by atoms with Gasteiger partial charge >= 0.3 is 0 Å². The molecule has 1 aromatic carbocycles. The Labute approximate surface area is 97.5 Å². The van der Waals surface area contributed by atoms with E-state index in [0.717, 1.165) is 5.92 Å². The summed E-state index contributed by atoms with van der Waals surface area (Å²) in [7, 11) is 1.17. The maximum atomic E-state index is 2.36. The predicted octanol–water partition coefficient (Wildman–Crippen LogP) is 2.70. The maximum absolute atomic E-state index is 2.36. The van der Waals surface area contributed by atoms with E-state index in [1.54, 1.807) is 16.3 Å². The van der Waals surface area contributed by atoms with Gasteiger partial charge in [0.15, 0.2) is 0 Å². The molecule has 0 bridgehead atoms. The van der Waals surface area contributed by atoms with Crippen molar-refractivity contribution in [2.45, 2.75) is 52.4 Å². The lowest BCUT2D eigenvalue weighted by molar-refractivity contribution is 0.680. The largest absolute Gasteiger partial charge is 0.0671 e. The summed E-state index contributed by atoms with van der Waals surface area (Å²) in [6, 6.07) is 6.87. The SMILES string of the molecule is CCC(C)c1cccc([SiH3])c1C(C)CC. The third-order valence-electron chi connectivity index (χ3n) is 3.61. The monoisotopic (exact) mass is 220 g/mol.